The zero-order chi connectivity index (χ0) is 14.9. The summed E-state index contributed by atoms with van der Waals surface area (Å²) in [5.74, 6) is -1.64. The molecule has 0 saturated heterocycles. The van der Waals surface area contributed by atoms with E-state index in [1.54, 1.807) is 19.1 Å². The average Bonchev–Trinajstić information content (AvgIpc) is 2.34. The van der Waals surface area contributed by atoms with Gasteiger partial charge in [-0.2, -0.15) is 0 Å². The summed E-state index contributed by atoms with van der Waals surface area (Å²) in [7, 11) is 0. The maximum absolute atomic E-state index is 13.1. The van der Waals surface area contributed by atoms with Gasteiger partial charge in [-0.1, -0.05) is 34.8 Å². The Labute approximate surface area is 124 Å². The van der Waals surface area contributed by atoms with Crippen LogP contribution in [-0.2, 0) is 0 Å². The molecule has 0 aliphatic carbocycles. The molecule has 2 rings (SSSR count). The van der Waals surface area contributed by atoms with E-state index >= 15 is 0 Å². The first kappa shape index (κ1) is 14.6. The number of halogens is 3. The van der Waals surface area contributed by atoms with Crippen LogP contribution in [0.2, 0.25) is 10.0 Å². The summed E-state index contributed by atoms with van der Waals surface area (Å²) < 4.78 is 13.1. The van der Waals surface area contributed by atoms with Crippen molar-refractivity contribution in [1.29, 1.82) is 0 Å². The van der Waals surface area contributed by atoms with E-state index < -0.39 is 11.8 Å². The van der Waals surface area contributed by atoms with Crippen LogP contribution in [0.1, 0.15) is 15.9 Å². The van der Waals surface area contributed by atoms with Gasteiger partial charge < -0.3 is 10.4 Å². The fraction of sp³-hybridized carbons (Fsp3) is 0.0714. The SMILES string of the molecule is Cc1ccc(Nc2c(Cl)cc(F)cc2Cl)c(C(=O)O)c1. The maximum atomic E-state index is 13.1. The van der Waals surface area contributed by atoms with Gasteiger partial charge in [0.05, 0.1) is 27.0 Å². The molecule has 2 aromatic carbocycles. The highest BCUT2D eigenvalue weighted by molar-refractivity contribution is 6.39. The lowest BCUT2D eigenvalue weighted by Gasteiger charge is -2.13. The summed E-state index contributed by atoms with van der Waals surface area (Å²) in [5, 5.41) is 12.2. The molecule has 0 aliphatic rings. The minimum atomic E-state index is -1.08. The third kappa shape index (κ3) is 3.03. The molecule has 0 amide bonds. The number of carboxylic acids is 1. The molecule has 104 valence electrons. The van der Waals surface area contributed by atoms with E-state index in [1.165, 1.54) is 6.07 Å². The molecule has 2 aromatic rings. The normalized spacial score (nSPS) is 10.4. The van der Waals surface area contributed by atoms with Crippen molar-refractivity contribution in [2.75, 3.05) is 5.32 Å². The highest BCUT2D eigenvalue weighted by atomic mass is 35.5. The molecule has 0 fully saturated rings. The number of hydrogen-bond donors (Lipinski definition) is 2. The summed E-state index contributed by atoms with van der Waals surface area (Å²) in [4.78, 5) is 11.2. The standard InChI is InChI=1S/C14H10Cl2FNO2/c1-7-2-3-12(9(4-7)14(19)20)18-13-10(15)5-8(17)6-11(13)16/h2-6,18H,1H3,(H,19,20). The fourth-order valence-electron chi connectivity index (χ4n) is 1.74. The van der Waals surface area contributed by atoms with Gasteiger partial charge in [-0.15, -0.1) is 0 Å². The van der Waals surface area contributed by atoms with Crippen molar-refractivity contribution in [3.63, 3.8) is 0 Å². The monoisotopic (exact) mass is 313 g/mol. The number of carboxylic acid groups (broad SMARTS) is 1. The second-order valence-electron chi connectivity index (χ2n) is 4.22. The third-order valence-electron chi connectivity index (χ3n) is 2.67. The predicted octanol–water partition coefficient (Wildman–Crippen LogP) is 4.88. The van der Waals surface area contributed by atoms with Crippen LogP contribution in [0.5, 0.6) is 0 Å². The van der Waals surface area contributed by atoms with Gasteiger partial charge in [0.2, 0.25) is 0 Å². The molecule has 0 unspecified atom stereocenters. The second kappa shape index (κ2) is 5.69. The molecule has 6 heteroatoms. The Morgan fingerprint density at radius 1 is 1.20 bits per heavy atom. The lowest BCUT2D eigenvalue weighted by atomic mass is 10.1. The van der Waals surface area contributed by atoms with E-state index in [9.17, 15) is 14.3 Å². The van der Waals surface area contributed by atoms with Crippen molar-refractivity contribution in [2.45, 2.75) is 6.92 Å². The Morgan fingerprint density at radius 2 is 1.80 bits per heavy atom. The van der Waals surface area contributed by atoms with Gasteiger partial charge in [-0.3, -0.25) is 0 Å². The van der Waals surface area contributed by atoms with Crippen molar-refractivity contribution in [1.82, 2.24) is 0 Å². The molecule has 3 nitrogen and oxygen atoms in total. The van der Waals surface area contributed by atoms with Gasteiger partial charge in [0, 0.05) is 0 Å². The van der Waals surface area contributed by atoms with E-state index in [0.717, 1.165) is 17.7 Å². The molecule has 0 saturated carbocycles. The van der Waals surface area contributed by atoms with Crippen LogP contribution in [0.15, 0.2) is 30.3 Å². The lowest BCUT2D eigenvalue weighted by molar-refractivity contribution is 0.0698. The smallest absolute Gasteiger partial charge is 0.337 e. The quantitative estimate of drug-likeness (QED) is 0.848. The first-order valence-electron chi connectivity index (χ1n) is 5.64. The molecule has 0 aromatic heterocycles. The largest absolute Gasteiger partial charge is 0.478 e. The molecule has 20 heavy (non-hydrogen) atoms. The summed E-state index contributed by atoms with van der Waals surface area (Å²) in [6, 6.07) is 7.08. The van der Waals surface area contributed by atoms with Gasteiger partial charge >= 0.3 is 5.97 Å². The Hall–Kier alpha value is -1.78. The zero-order valence-electron chi connectivity index (χ0n) is 10.4. The number of carbonyl (C=O) groups is 1. The number of aryl methyl sites for hydroxylation is 1. The number of benzene rings is 2. The molecule has 0 radical (unpaired) electrons. The molecule has 0 atom stereocenters. The van der Waals surface area contributed by atoms with Crippen molar-refractivity contribution in [2.24, 2.45) is 0 Å². The zero-order valence-corrected chi connectivity index (χ0v) is 11.9. The Kier molecular flexibility index (Phi) is 4.16. The van der Waals surface area contributed by atoms with Crippen LogP contribution in [-0.4, -0.2) is 11.1 Å². The van der Waals surface area contributed by atoms with Crippen LogP contribution in [0.4, 0.5) is 15.8 Å². The van der Waals surface area contributed by atoms with Crippen molar-refractivity contribution < 1.29 is 14.3 Å². The van der Waals surface area contributed by atoms with Gasteiger partial charge in [0.15, 0.2) is 0 Å². The lowest BCUT2D eigenvalue weighted by Crippen LogP contribution is -2.04. The first-order chi connectivity index (χ1) is 9.38. The highest BCUT2D eigenvalue weighted by Crippen LogP contribution is 2.34. The minimum Gasteiger partial charge on any atom is -0.478 e. The predicted molar refractivity (Wildman–Crippen MR) is 77.8 cm³/mol. The molecule has 0 aliphatic heterocycles. The maximum Gasteiger partial charge on any atom is 0.337 e. The molecular formula is C14H10Cl2FNO2. The molecule has 0 spiro atoms. The van der Waals surface area contributed by atoms with Gasteiger partial charge in [0.25, 0.3) is 0 Å². The molecule has 0 heterocycles. The summed E-state index contributed by atoms with van der Waals surface area (Å²) in [6.45, 7) is 1.79. The number of rotatable bonds is 3. The van der Waals surface area contributed by atoms with Crippen LogP contribution in [0.3, 0.4) is 0 Å². The number of anilines is 2. The van der Waals surface area contributed by atoms with Crippen LogP contribution < -0.4 is 5.32 Å². The Morgan fingerprint density at radius 3 is 2.35 bits per heavy atom. The van der Waals surface area contributed by atoms with Crippen molar-refractivity contribution >= 4 is 40.5 Å². The Balaban J connectivity index is 2.48. The van der Waals surface area contributed by atoms with E-state index in [-0.39, 0.29) is 21.3 Å². The van der Waals surface area contributed by atoms with E-state index in [2.05, 4.69) is 5.32 Å². The minimum absolute atomic E-state index is 0.0758. The third-order valence-corrected chi connectivity index (χ3v) is 3.27. The molecule has 2 N–H and O–H groups in total. The van der Waals surface area contributed by atoms with Crippen LogP contribution in [0.25, 0.3) is 0 Å². The Bertz CT molecular complexity index is 666. The number of aromatic carboxylic acids is 1. The number of hydrogen-bond acceptors (Lipinski definition) is 2. The van der Waals surface area contributed by atoms with Crippen LogP contribution in [0, 0.1) is 12.7 Å². The summed E-state index contributed by atoms with van der Waals surface area (Å²) in [6.07, 6.45) is 0. The highest BCUT2D eigenvalue weighted by Gasteiger charge is 2.14. The van der Waals surface area contributed by atoms with Gasteiger partial charge in [0.1, 0.15) is 5.82 Å². The van der Waals surface area contributed by atoms with Gasteiger partial charge in [-0.25, -0.2) is 9.18 Å². The topological polar surface area (TPSA) is 49.3 Å². The van der Waals surface area contributed by atoms with Crippen molar-refractivity contribution in [3.8, 4) is 0 Å². The fourth-order valence-corrected chi connectivity index (χ4v) is 2.30. The molecular weight excluding hydrogens is 304 g/mol. The van der Waals surface area contributed by atoms with Gasteiger partial charge in [-0.05, 0) is 31.2 Å². The van der Waals surface area contributed by atoms with E-state index in [0.29, 0.717) is 5.69 Å². The van der Waals surface area contributed by atoms with Crippen molar-refractivity contribution in [3.05, 3.63) is 57.3 Å². The summed E-state index contributed by atoms with van der Waals surface area (Å²) >= 11 is 11.8. The first-order valence-corrected chi connectivity index (χ1v) is 6.39. The summed E-state index contributed by atoms with van der Waals surface area (Å²) in [5.41, 5.74) is 1.49. The van der Waals surface area contributed by atoms with Crippen LogP contribution >= 0.6 is 23.2 Å². The molecule has 0 bridgehead atoms. The average molecular weight is 314 g/mol. The number of nitrogens with one attached hydrogen (secondary N) is 1. The van der Waals surface area contributed by atoms with E-state index in [4.69, 9.17) is 23.2 Å². The van der Waals surface area contributed by atoms with E-state index in [1.807, 2.05) is 0 Å². The second-order valence-corrected chi connectivity index (χ2v) is 5.04.